The molecule has 1 aliphatic rings. The van der Waals surface area contributed by atoms with Crippen LogP contribution < -0.4 is 14.9 Å². The van der Waals surface area contributed by atoms with Gasteiger partial charge < -0.3 is 9.47 Å². The predicted octanol–water partition coefficient (Wildman–Crippen LogP) is 3.51. The van der Waals surface area contributed by atoms with E-state index in [2.05, 4.69) is 21.6 Å². The first-order chi connectivity index (χ1) is 13.7. The average Bonchev–Trinajstić information content (AvgIpc) is 3.54. The molecule has 1 saturated carbocycles. The monoisotopic (exact) mass is 375 g/mol. The third-order valence-corrected chi connectivity index (χ3v) is 4.96. The Kier molecular flexibility index (Phi) is 4.93. The number of pyridine rings is 1. The van der Waals surface area contributed by atoms with Crippen molar-refractivity contribution in [1.82, 2.24) is 10.4 Å². The van der Waals surface area contributed by atoms with Gasteiger partial charge in [-0.1, -0.05) is 18.2 Å². The molecule has 1 aromatic heterocycles. The van der Waals surface area contributed by atoms with Crippen molar-refractivity contribution in [3.8, 4) is 11.5 Å². The van der Waals surface area contributed by atoms with Gasteiger partial charge >= 0.3 is 0 Å². The lowest BCUT2D eigenvalue weighted by Crippen LogP contribution is -2.20. The fraction of sp³-hybridized carbons (Fsp3) is 0.227. The van der Waals surface area contributed by atoms with Gasteiger partial charge in [0.25, 0.3) is 0 Å². The maximum absolute atomic E-state index is 12.4. The molecule has 28 heavy (non-hydrogen) atoms. The van der Waals surface area contributed by atoms with Gasteiger partial charge in [-0.25, -0.2) is 5.43 Å². The van der Waals surface area contributed by atoms with Crippen molar-refractivity contribution < 1.29 is 14.3 Å². The first-order valence-electron chi connectivity index (χ1n) is 9.09. The standard InChI is InChI=1S/C22H21N3O3/c1-27-20-8-7-14(9-21(20)28-2)12-24-25-22(26)18-11-17(18)16-10-15-5-3-4-6-19(15)23-13-16/h3-10,12-13,17-18H,11H2,1-2H3,(H,25,26)/t17-,18+/m0/s1. The molecular formula is C22H21N3O3. The van der Waals surface area contributed by atoms with Crippen LogP contribution in [0.15, 0.2) is 59.8 Å². The van der Waals surface area contributed by atoms with Crippen molar-refractivity contribution in [2.45, 2.75) is 12.3 Å². The van der Waals surface area contributed by atoms with Crippen molar-refractivity contribution in [1.29, 1.82) is 0 Å². The van der Waals surface area contributed by atoms with Gasteiger partial charge in [-0.2, -0.15) is 5.10 Å². The van der Waals surface area contributed by atoms with E-state index in [1.54, 1.807) is 32.6 Å². The molecule has 2 aromatic carbocycles. The molecule has 0 bridgehead atoms. The number of para-hydroxylation sites is 1. The SMILES string of the molecule is COc1ccc(C=NNC(=O)[C@@H]2C[C@H]2c2cnc3ccccc3c2)cc1OC. The molecule has 6 nitrogen and oxygen atoms in total. The van der Waals surface area contributed by atoms with Crippen LogP contribution in [0.2, 0.25) is 0 Å². The van der Waals surface area contributed by atoms with Crippen molar-refractivity contribution in [2.24, 2.45) is 11.0 Å². The van der Waals surface area contributed by atoms with E-state index in [1.165, 1.54) is 0 Å². The Bertz CT molecular complexity index is 1050. The number of methoxy groups -OCH3 is 2. The minimum Gasteiger partial charge on any atom is -0.493 e. The lowest BCUT2D eigenvalue weighted by molar-refractivity contribution is -0.122. The lowest BCUT2D eigenvalue weighted by atomic mass is 10.1. The largest absolute Gasteiger partial charge is 0.493 e. The quantitative estimate of drug-likeness (QED) is 0.529. The van der Waals surface area contributed by atoms with Gasteiger partial charge in [0.2, 0.25) is 5.91 Å². The maximum Gasteiger partial charge on any atom is 0.243 e. The van der Waals surface area contributed by atoms with Gasteiger partial charge in [-0.3, -0.25) is 9.78 Å². The number of aromatic nitrogens is 1. The van der Waals surface area contributed by atoms with Gasteiger partial charge in [0, 0.05) is 17.5 Å². The van der Waals surface area contributed by atoms with Crippen LogP contribution in [-0.2, 0) is 4.79 Å². The normalized spacial score (nSPS) is 18.2. The predicted molar refractivity (Wildman–Crippen MR) is 108 cm³/mol. The number of hydrogen-bond donors (Lipinski definition) is 1. The van der Waals surface area contributed by atoms with Crippen molar-refractivity contribution in [3.05, 3.63) is 65.9 Å². The van der Waals surface area contributed by atoms with E-state index in [-0.39, 0.29) is 17.7 Å². The highest BCUT2D eigenvalue weighted by Gasteiger charge is 2.44. The summed E-state index contributed by atoms with van der Waals surface area (Å²) >= 11 is 0. The third-order valence-electron chi connectivity index (χ3n) is 4.96. The number of hydrazone groups is 1. The molecule has 1 N–H and O–H groups in total. The topological polar surface area (TPSA) is 72.8 Å². The molecule has 6 heteroatoms. The van der Waals surface area contributed by atoms with Gasteiger partial charge in [-0.05, 0) is 53.8 Å². The van der Waals surface area contributed by atoms with Crippen LogP contribution in [0.4, 0.5) is 0 Å². The number of nitrogens with one attached hydrogen (secondary N) is 1. The minimum absolute atomic E-state index is 0.0643. The van der Waals surface area contributed by atoms with Crippen molar-refractivity contribution >= 4 is 23.0 Å². The van der Waals surface area contributed by atoms with Crippen LogP contribution in [0.5, 0.6) is 11.5 Å². The van der Waals surface area contributed by atoms with Crippen molar-refractivity contribution in [3.63, 3.8) is 0 Å². The maximum atomic E-state index is 12.4. The molecule has 1 heterocycles. The highest BCUT2D eigenvalue weighted by Crippen LogP contribution is 2.47. The summed E-state index contributed by atoms with van der Waals surface area (Å²) in [5, 5.41) is 5.17. The minimum atomic E-state index is -0.0742. The smallest absolute Gasteiger partial charge is 0.243 e. The summed E-state index contributed by atoms with van der Waals surface area (Å²) in [6.45, 7) is 0. The zero-order valence-corrected chi connectivity index (χ0v) is 15.8. The van der Waals surface area contributed by atoms with Crippen LogP contribution >= 0.6 is 0 Å². The van der Waals surface area contributed by atoms with E-state index in [0.717, 1.165) is 28.5 Å². The molecule has 0 saturated heterocycles. The molecule has 0 radical (unpaired) electrons. The zero-order valence-electron chi connectivity index (χ0n) is 15.8. The Morgan fingerprint density at radius 3 is 2.79 bits per heavy atom. The number of fused-ring (bicyclic) bond motifs is 1. The second-order valence-corrected chi connectivity index (χ2v) is 6.76. The highest BCUT2D eigenvalue weighted by molar-refractivity contribution is 5.86. The summed E-state index contributed by atoms with van der Waals surface area (Å²) in [7, 11) is 3.17. The molecule has 0 spiro atoms. The van der Waals surface area contributed by atoms with Gasteiger partial charge in [0.1, 0.15) is 0 Å². The Labute approximate surface area is 163 Å². The number of rotatable bonds is 6. The number of hydrogen-bond acceptors (Lipinski definition) is 5. The lowest BCUT2D eigenvalue weighted by Gasteiger charge is -2.07. The first kappa shape index (κ1) is 18.0. The van der Waals surface area contributed by atoms with E-state index >= 15 is 0 Å². The number of ether oxygens (including phenoxy) is 2. The van der Waals surface area contributed by atoms with Gasteiger partial charge in [0.05, 0.1) is 26.0 Å². The van der Waals surface area contributed by atoms with Crippen molar-refractivity contribution in [2.75, 3.05) is 14.2 Å². The fourth-order valence-electron chi connectivity index (χ4n) is 3.33. The Morgan fingerprint density at radius 1 is 1.14 bits per heavy atom. The van der Waals surface area contributed by atoms with E-state index in [9.17, 15) is 4.79 Å². The third kappa shape index (κ3) is 3.67. The summed E-state index contributed by atoms with van der Waals surface area (Å²) < 4.78 is 10.5. The number of benzene rings is 2. The van der Waals surface area contributed by atoms with E-state index in [1.807, 2.05) is 36.5 Å². The molecule has 2 atom stereocenters. The van der Waals surface area contributed by atoms with Gasteiger partial charge in [-0.15, -0.1) is 0 Å². The molecule has 0 unspecified atom stereocenters. The second kappa shape index (κ2) is 7.68. The summed E-state index contributed by atoms with van der Waals surface area (Å²) in [4.78, 5) is 16.9. The molecule has 1 aliphatic carbocycles. The molecule has 0 aliphatic heterocycles. The molecule has 1 amide bonds. The van der Waals surface area contributed by atoms with E-state index in [0.29, 0.717) is 11.5 Å². The molecular weight excluding hydrogens is 354 g/mol. The number of nitrogens with zero attached hydrogens (tertiary/aromatic N) is 2. The molecule has 4 rings (SSSR count). The Morgan fingerprint density at radius 2 is 1.96 bits per heavy atom. The first-order valence-corrected chi connectivity index (χ1v) is 9.09. The summed E-state index contributed by atoms with van der Waals surface area (Å²) in [6.07, 6.45) is 4.28. The number of carbonyl (C=O) groups excluding carboxylic acids is 1. The average molecular weight is 375 g/mol. The Hall–Kier alpha value is -3.41. The van der Waals surface area contributed by atoms with Crippen LogP contribution in [0, 0.1) is 5.92 Å². The summed E-state index contributed by atoms with van der Waals surface area (Å²) in [5.74, 6) is 1.33. The highest BCUT2D eigenvalue weighted by atomic mass is 16.5. The second-order valence-electron chi connectivity index (χ2n) is 6.76. The van der Waals surface area contributed by atoms with Gasteiger partial charge in [0.15, 0.2) is 11.5 Å². The van der Waals surface area contributed by atoms with Crippen LogP contribution in [0.25, 0.3) is 10.9 Å². The van der Waals surface area contributed by atoms with E-state index < -0.39 is 0 Å². The summed E-state index contributed by atoms with van der Waals surface area (Å²) in [6, 6.07) is 15.5. The summed E-state index contributed by atoms with van der Waals surface area (Å²) in [5.41, 5.74) is 5.51. The van der Waals surface area contributed by atoms with E-state index in [4.69, 9.17) is 9.47 Å². The van der Waals surface area contributed by atoms with Crippen LogP contribution in [0.1, 0.15) is 23.5 Å². The van der Waals surface area contributed by atoms with Crippen LogP contribution in [-0.4, -0.2) is 31.3 Å². The zero-order chi connectivity index (χ0) is 19.5. The fourth-order valence-corrected chi connectivity index (χ4v) is 3.33. The molecule has 1 fully saturated rings. The Balaban J connectivity index is 1.37. The number of amides is 1. The number of carbonyl (C=O) groups is 1. The molecule has 3 aromatic rings. The van der Waals surface area contributed by atoms with Crippen LogP contribution in [0.3, 0.4) is 0 Å². The molecule has 142 valence electrons.